The van der Waals surface area contributed by atoms with E-state index in [1.165, 1.54) is 12.1 Å². The van der Waals surface area contributed by atoms with Crippen LogP contribution in [0.4, 0.5) is 4.39 Å². The van der Waals surface area contributed by atoms with Crippen LogP contribution in [-0.4, -0.2) is 16.6 Å². The first-order chi connectivity index (χ1) is 10.6. The fourth-order valence-electron chi connectivity index (χ4n) is 3.30. The number of nitrogens with one attached hydrogen (secondary N) is 1. The minimum Gasteiger partial charge on any atom is -0.385 e. The van der Waals surface area contributed by atoms with Crippen LogP contribution in [0.25, 0.3) is 0 Å². The molecule has 116 valence electrons. The largest absolute Gasteiger partial charge is 0.385 e. The van der Waals surface area contributed by atoms with Crippen LogP contribution in [-0.2, 0) is 5.60 Å². The van der Waals surface area contributed by atoms with E-state index in [-0.39, 0.29) is 17.8 Å². The lowest BCUT2D eigenvalue weighted by molar-refractivity contribution is -0.0256. The predicted molar refractivity (Wildman–Crippen MR) is 83.7 cm³/mol. The third kappa shape index (κ3) is 3.03. The van der Waals surface area contributed by atoms with Crippen molar-refractivity contribution in [2.24, 2.45) is 5.92 Å². The van der Waals surface area contributed by atoms with Gasteiger partial charge in [0.15, 0.2) is 0 Å². The van der Waals surface area contributed by atoms with E-state index in [0.29, 0.717) is 5.56 Å². The van der Waals surface area contributed by atoms with Crippen molar-refractivity contribution in [3.63, 3.8) is 0 Å². The first-order valence-electron chi connectivity index (χ1n) is 7.69. The molecule has 4 heteroatoms. The first kappa shape index (κ1) is 15.1. The van der Waals surface area contributed by atoms with E-state index in [2.05, 4.69) is 10.3 Å². The van der Waals surface area contributed by atoms with Gasteiger partial charge in [-0.1, -0.05) is 18.2 Å². The zero-order chi connectivity index (χ0) is 15.6. The van der Waals surface area contributed by atoms with Crippen molar-refractivity contribution in [3.05, 3.63) is 65.7 Å². The molecular weight excluding hydrogens is 279 g/mol. The van der Waals surface area contributed by atoms with E-state index in [0.717, 1.165) is 24.9 Å². The van der Waals surface area contributed by atoms with Gasteiger partial charge >= 0.3 is 0 Å². The fraction of sp³-hybridized carbons (Fsp3) is 0.389. The van der Waals surface area contributed by atoms with E-state index in [9.17, 15) is 9.50 Å². The summed E-state index contributed by atoms with van der Waals surface area (Å²) in [6, 6.07) is 10.4. The maximum absolute atomic E-state index is 13.5. The highest BCUT2D eigenvalue weighted by molar-refractivity contribution is 5.24. The minimum atomic E-state index is -1.04. The molecule has 3 rings (SSSR count). The molecule has 22 heavy (non-hydrogen) atoms. The number of hydrogen-bond donors (Lipinski definition) is 2. The molecule has 1 aliphatic heterocycles. The van der Waals surface area contributed by atoms with E-state index >= 15 is 0 Å². The molecule has 3 atom stereocenters. The molecule has 0 saturated carbocycles. The maximum Gasteiger partial charge on any atom is 0.123 e. The van der Waals surface area contributed by atoms with Gasteiger partial charge in [-0.2, -0.15) is 0 Å². The average molecular weight is 300 g/mol. The summed E-state index contributed by atoms with van der Waals surface area (Å²) in [5.74, 6) is -0.240. The molecule has 0 bridgehead atoms. The van der Waals surface area contributed by atoms with Crippen molar-refractivity contribution in [2.45, 2.75) is 31.4 Å². The van der Waals surface area contributed by atoms with Crippen molar-refractivity contribution >= 4 is 0 Å². The molecule has 2 heterocycles. The van der Waals surface area contributed by atoms with Crippen molar-refractivity contribution in [2.75, 3.05) is 6.54 Å². The topological polar surface area (TPSA) is 45.1 Å². The van der Waals surface area contributed by atoms with Crippen LogP contribution in [0.2, 0.25) is 0 Å². The molecule has 0 aliphatic carbocycles. The number of piperidine rings is 1. The number of aliphatic hydroxyl groups is 1. The van der Waals surface area contributed by atoms with Gasteiger partial charge in [-0.05, 0) is 61.6 Å². The molecular formula is C18H21FN2O. The van der Waals surface area contributed by atoms with E-state index in [1.807, 2.05) is 18.3 Å². The summed E-state index contributed by atoms with van der Waals surface area (Å²) in [4.78, 5) is 4.16. The number of hydrogen-bond acceptors (Lipinski definition) is 3. The molecule has 2 N–H and O–H groups in total. The Morgan fingerprint density at radius 3 is 2.91 bits per heavy atom. The van der Waals surface area contributed by atoms with Crippen LogP contribution in [0.1, 0.15) is 36.9 Å². The number of nitrogens with zero attached hydrogens (tertiary/aromatic N) is 1. The lowest BCUT2D eigenvalue weighted by Crippen LogP contribution is -2.41. The Morgan fingerprint density at radius 1 is 1.32 bits per heavy atom. The Morgan fingerprint density at radius 2 is 2.18 bits per heavy atom. The lowest BCUT2D eigenvalue weighted by atomic mass is 9.75. The molecule has 0 radical (unpaired) electrons. The zero-order valence-electron chi connectivity index (χ0n) is 12.7. The van der Waals surface area contributed by atoms with Gasteiger partial charge in [-0.15, -0.1) is 0 Å². The molecule has 1 saturated heterocycles. The van der Waals surface area contributed by atoms with Crippen molar-refractivity contribution in [1.29, 1.82) is 0 Å². The summed E-state index contributed by atoms with van der Waals surface area (Å²) in [6.07, 6.45) is 5.28. The normalized spacial score (nSPS) is 24.7. The number of pyridine rings is 1. The second-order valence-corrected chi connectivity index (χ2v) is 6.17. The molecule has 3 unspecified atom stereocenters. The Balaban J connectivity index is 1.82. The minimum absolute atomic E-state index is 0.0701. The smallest absolute Gasteiger partial charge is 0.123 e. The molecule has 0 spiro atoms. The van der Waals surface area contributed by atoms with Crippen LogP contribution in [0.3, 0.4) is 0 Å². The van der Waals surface area contributed by atoms with Crippen LogP contribution in [0.15, 0.2) is 48.8 Å². The predicted octanol–water partition coefficient (Wildman–Crippen LogP) is 3.17. The Kier molecular flexibility index (Phi) is 4.23. The second-order valence-electron chi connectivity index (χ2n) is 6.17. The highest BCUT2D eigenvalue weighted by Gasteiger charge is 2.37. The number of rotatable bonds is 3. The quantitative estimate of drug-likeness (QED) is 0.915. The summed E-state index contributed by atoms with van der Waals surface area (Å²) in [7, 11) is 0. The summed E-state index contributed by atoms with van der Waals surface area (Å²) < 4.78 is 13.5. The number of halogens is 1. The monoisotopic (exact) mass is 300 g/mol. The van der Waals surface area contributed by atoms with E-state index in [4.69, 9.17) is 0 Å². The van der Waals surface area contributed by atoms with Gasteiger partial charge in [-0.3, -0.25) is 4.98 Å². The highest BCUT2D eigenvalue weighted by atomic mass is 19.1. The van der Waals surface area contributed by atoms with Gasteiger partial charge in [0.1, 0.15) is 5.82 Å². The van der Waals surface area contributed by atoms with E-state index < -0.39 is 5.60 Å². The lowest BCUT2D eigenvalue weighted by Gasteiger charge is -2.39. The van der Waals surface area contributed by atoms with Crippen LogP contribution < -0.4 is 5.32 Å². The first-order valence-corrected chi connectivity index (χ1v) is 7.69. The Bertz CT molecular complexity index is 630. The second kappa shape index (κ2) is 6.15. The van der Waals surface area contributed by atoms with Gasteiger partial charge in [0, 0.05) is 18.4 Å². The fourth-order valence-corrected chi connectivity index (χ4v) is 3.30. The molecule has 1 aromatic heterocycles. The van der Waals surface area contributed by atoms with Gasteiger partial charge in [0.05, 0.1) is 5.60 Å². The van der Waals surface area contributed by atoms with Crippen molar-refractivity contribution in [1.82, 2.24) is 10.3 Å². The van der Waals surface area contributed by atoms with Crippen molar-refractivity contribution < 1.29 is 9.50 Å². The van der Waals surface area contributed by atoms with Gasteiger partial charge < -0.3 is 10.4 Å². The summed E-state index contributed by atoms with van der Waals surface area (Å²) >= 11 is 0. The maximum atomic E-state index is 13.5. The number of benzene rings is 1. The molecule has 1 fully saturated rings. The molecule has 2 aromatic rings. The van der Waals surface area contributed by atoms with Crippen LogP contribution >= 0.6 is 0 Å². The SMILES string of the molecule is CC(O)(c1cccc(F)c1)C1CCNC(c2cccnc2)C1. The van der Waals surface area contributed by atoms with Crippen LogP contribution in [0, 0.1) is 11.7 Å². The van der Waals surface area contributed by atoms with Crippen molar-refractivity contribution in [3.8, 4) is 0 Å². The summed E-state index contributed by atoms with van der Waals surface area (Å²) in [5.41, 5.74) is 0.733. The zero-order valence-corrected chi connectivity index (χ0v) is 12.7. The number of aromatic nitrogens is 1. The van der Waals surface area contributed by atoms with E-state index in [1.54, 1.807) is 25.3 Å². The molecule has 1 aliphatic rings. The Hall–Kier alpha value is -1.78. The average Bonchev–Trinajstić information content (AvgIpc) is 2.56. The highest BCUT2D eigenvalue weighted by Crippen LogP contribution is 2.39. The van der Waals surface area contributed by atoms with Gasteiger partial charge in [-0.25, -0.2) is 4.39 Å². The van der Waals surface area contributed by atoms with Gasteiger partial charge in [0.25, 0.3) is 0 Å². The molecule has 3 nitrogen and oxygen atoms in total. The summed E-state index contributed by atoms with van der Waals surface area (Å²) in [5, 5.41) is 14.5. The standard InChI is InChI=1S/C18H21FN2O/c1-18(22,14-5-2-6-16(19)10-14)15-7-9-21-17(11-15)13-4-3-8-20-12-13/h2-6,8,10,12,15,17,21-22H,7,9,11H2,1H3. The van der Waals surface area contributed by atoms with Crippen LogP contribution in [0.5, 0.6) is 0 Å². The molecule has 0 amide bonds. The summed E-state index contributed by atoms with van der Waals surface area (Å²) in [6.45, 7) is 2.62. The third-order valence-electron chi connectivity index (χ3n) is 4.69. The Labute approximate surface area is 130 Å². The molecule has 1 aromatic carbocycles. The third-order valence-corrected chi connectivity index (χ3v) is 4.69. The van der Waals surface area contributed by atoms with Gasteiger partial charge in [0.2, 0.25) is 0 Å².